The number of pyridine rings is 1. The van der Waals surface area contributed by atoms with Crippen molar-refractivity contribution in [1.82, 2.24) is 29.5 Å². The average molecular weight is 464 g/mol. The number of oxazole rings is 1. The summed E-state index contributed by atoms with van der Waals surface area (Å²) in [4.78, 5) is 34.6. The third-order valence-corrected chi connectivity index (χ3v) is 5.95. The van der Waals surface area contributed by atoms with Crippen molar-refractivity contribution in [2.75, 3.05) is 24.8 Å². The summed E-state index contributed by atoms with van der Waals surface area (Å²) in [6.45, 7) is 1.75. The van der Waals surface area contributed by atoms with Crippen LogP contribution in [0.3, 0.4) is 0 Å². The maximum absolute atomic E-state index is 13.1. The standard InChI is InChI=1S/C22H24N8O4/c1-12-22(34-11-24-12)29-8-4-5-15(21(29)32)26-17-9-18(23-2)30-19(28-17)13(10-25-30)20(31)27-14-6-7-16(14)33-3/h4-5,8-11,14,16,23H,6-7H2,1-3H3,(H,26,28)(H,27,31)/t14-,16-/m1/s1. The smallest absolute Gasteiger partial charge is 0.281 e. The second-order valence-corrected chi connectivity index (χ2v) is 7.97. The van der Waals surface area contributed by atoms with Crippen LogP contribution in [0.15, 0.2) is 46.2 Å². The van der Waals surface area contributed by atoms with E-state index >= 15 is 0 Å². The number of ether oxygens (including phenoxy) is 1. The van der Waals surface area contributed by atoms with E-state index in [1.54, 1.807) is 45.5 Å². The van der Waals surface area contributed by atoms with Crippen LogP contribution < -0.4 is 21.5 Å². The Kier molecular flexibility index (Phi) is 5.49. The molecule has 0 aromatic carbocycles. The number of methoxy groups -OCH3 is 1. The molecule has 34 heavy (non-hydrogen) atoms. The summed E-state index contributed by atoms with van der Waals surface area (Å²) in [5, 5.41) is 13.4. The van der Waals surface area contributed by atoms with Crippen LogP contribution in [0.1, 0.15) is 28.9 Å². The molecule has 5 rings (SSSR count). The van der Waals surface area contributed by atoms with Crippen molar-refractivity contribution >= 4 is 28.9 Å². The zero-order chi connectivity index (χ0) is 23.8. The highest BCUT2D eigenvalue weighted by Gasteiger charge is 2.33. The molecule has 1 aliphatic rings. The zero-order valence-corrected chi connectivity index (χ0v) is 18.9. The molecule has 12 nitrogen and oxygen atoms in total. The number of rotatable bonds is 7. The molecule has 1 saturated carbocycles. The molecule has 1 aliphatic carbocycles. The number of aromatic nitrogens is 5. The summed E-state index contributed by atoms with van der Waals surface area (Å²) in [7, 11) is 3.37. The van der Waals surface area contributed by atoms with Gasteiger partial charge in [0, 0.05) is 26.4 Å². The first-order chi connectivity index (χ1) is 16.5. The van der Waals surface area contributed by atoms with E-state index in [-0.39, 0.29) is 29.3 Å². The molecule has 0 radical (unpaired) electrons. The van der Waals surface area contributed by atoms with Gasteiger partial charge in [-0.25, -0.2) is 9.97 Å². The number of hydrogen-bond acceptors (Lipinski definition) is 9. The van der Waals surface area contributed by atoms with Crippen molar-refractivity contribution < 1.29 is 13.9 Å². The van der Waals surface area contributed by atoms with Gasteiger partial charge in [0.2, 0.25) is 5.88 Å². The van der Waals surface area contributed by atoms with Crippen LogP contribution in [0.5, 0.6) is 0 Å². The maximum atomic E-state index is 13.1. The molecule has 0 spiro atoms. The maximum Gasteiger partial charge on any atom is 0.281 e. The molecule has 1 fully saturated rings. The van der Waals surface area contributed by atoms with Gasteiger partial charge in [-0.1, -0.05) is 0 Å². The lowest BCUT2D eigenvalue weighted by Gasteiger charge is -2.35. The summed E-state index contributed by atoms with van der Waals surface area (Å²) < 4.78 is 13.6. The highest BCUT2D eigenvalue weighted by Crippen LogP contribution is 2.25. The van der Waals surface area contributed by atoms with Crippen LogP contribution in [0.25, 0.3) is 11.5 Å². The number of nitrogens with zero attached hydrogens (tertiary/aromatic N) is 5. The van der Waals surface area contributed by atoms with Crippen LogP contribution >= 0.6 is 0 Å². The molecular formula is C22H24N8O4. The Labute approximate surface area is 194 Å². The molecule has 0 saturated heterocycles. The van der Waals surface area contributed by atoms with Gasteiger partial charge in [0.05, 0.1) is 18.3 Å². The number of carbonyl (C=O) groups is 1. The van der Waals surface area contributed by atoms with Gasteiger partial charge >= 0.3 is 0 Å². The molecular weight excluding hydrogens is 440 g/mol. The predicted octanol–water partition coefficient (Wildman–Crippen LogP) is 1.87. The number of fused-ring (bicyclic) bond motifs is 1. The summed E-state index contributed by atoms with van der Waals surface area (Å²) >= 11 is 0. The second kappa shape index (κ2) is 8.63. The van der Waals surface area contributed by atoms with Crippen molar-refractivity contribution in [1.29, 1.82) is 0 Å². The number of amides is 1. The molecule has 1 amide bonds. The summed E-state index contributed by atoms with van der Waals surface area (Å²) in [5.74, 6) is 1.02. The third kappa shape index (κ3) is 3.67. The fourth-order valence-electron chi connectivity index (χ4n) is 3.94. The zero-order valence-electron chi connectivity index (χ0n) is 18.9. The summed E-state index contributed by atoms with van der Waals surface area (Å²) in [5.41, 5.74) is 1.21. The fraction of sp³-hybridized carbons (Fsp3) is 0.318. The normalized spacial score (nSPS) is 17.4. The van der Waals surface area contributed by atoms with E-state index in [2.05, 4.69) is 31.0 Å². The van der Waals surface area contributed by atoms with Gasteiger partial charge in [-0.3, -0.25) is 14.2 Å². The van der Waals surface area contributed by atoms with E-state index in [4.69, 9.17) is 9.15 Å². The molecule has 0 unspecified atom stereocenters. The second-order valence-electron chi connectivity index (χ2n) is 7.97. The molecule has 4 aromatic rings. The topological polar surface area (TPSA) is 141 Å². The van der Waals surface area contributed by atoms with E-state index in [1.165, 1.54) is 21.7 Å². The van der Waals surface area contributed by atoms with Crippen molar-refractivity contribution in [3.8, 4) is 5.88 Å². The number of aryl methyl sites for hydroxylation is 1. The monoisotopic (exact) mass is 464 g/mol. The predicted molar refractivity (Wildman–Crippen MR) is 124 cm³/mol. The van der Waals surface area contributed by atoms with Gasteiger partial charge in [-0.2, -0.15) is 9.61 Å². The molecule has 176 valence electrons. The van der Waals surface area contributed by atoms with E-state index in [0.717, 1.165) is 12.8 Å². The lowest BCUT2D eigenvalue weighted by atomic mass is 9.89. The quantitative estimate of drug-likeness (QED) is 0.374. The first-order valence-electron chi connectivity index (χ1n) is 10.8. The molecule has 2 atom stereocenters. The van der Waals surface area contributed by atoms with Gasteiger partial charge in [0.15, 0.2) is 12.0 Å². The highest BCUT2D eigenvalue weighted by atomic mass is 16.5. The summed E-state index contributed by atoms with van der Waals surface area (Å²) in [6, 6.07) is 5.01. The first-order valence-corrected chi connectivity index (χ1v) is 10.8. The van der Waals surface area contributed by atoms with Gasteiger partial charge < -0.3 is 25.1 Å². The van der Waals surface area contributed by atoms with Gasteiger partial charge in [-0.05, 0) is 31.9 Å². The van der Waals surface area contributed by atoms with Crippen LogP contribution in [0, 0.1) is 6.92 Å². The minimum atomic E-state index is -0.336. The van der Waals surface area contributed by atoms with Crippen LogP contribution in [0.2, 0.25) is 0 Å². The molecule has 4 heterocycles. The summed E-state index contributed by atoms with van der Waals surface area (Å²) in [6.07, 6.45) is 6.15. The lowest BCUT2D eigenvalue weighted by Crippen LogP contribution is -2.51. The van der Waals surface area contributed by atoms with E-state index in [9.17, 15) is 9.59 Å². The largest absolute Gasteiger partial charge is 0.427 e. The minimum Gasteiger partial charge on any atom is -0.427 e. The van der Waals surface area contributed by atoms with Crippen molar-refractivity contribution in [3.05, 3.63) is 58.6 Å². The number of anilines is 3. The Morgan fingerprint density at radius 2 is 2.18 bits per heavy atom. The number of nitrogens with one attached hydrogen (secondary N) is 3. The van der Waals surface area contributed by atoms with Crippen molar-refractivity contribution in [2.45, 2.75) is 31.9 Å². The van der Waals surface area contributed by atoms with Gasteiger partial charge in [0.25, 0.3) is 11.5 Å². The molecule has 3 N–H and O–H groups in total. The highest BCUT2D eigenvalue weighted by molar-refractivity contribution is 6.00. The Morgan fingerprint density at radius 1 is 1.32 bits per heavy atom. The molecule has 0 bridgehead atoms. The van der Waals surface area contributed by atoms with E-state index in [1.807, 2.05) is 0 Å². The fourth-order valence-corrected chi connectivity index (χ4v) is 3.94. The van der Waals surface area contributed by atoms with Crippen molar-refractivity contribution in [2.24, 2.45) is 0 Å². The van der Waals surface area contributed by atoms with Gasteiger partial charge in [0.1, 0.15) is 28.6 Å². The Balaban J connectivity index is 1.49. The lowest BCUT2D eigenvalue weighted by molar-refractivity contribution is 0.00732. The molecule has 4 aromatic heterocycles. The van der Waals surface area contributed by atoms with Gasteiger partial charge in [-0.15, -0.1) is 0 Å². The average Bonchev–Trinajstić information content (AvgIpc) is 3.44. The Hall–Kier alpha value is -4.19. The minimum absolute atomic E-state index is 0.0112. The molecule has 12 heteroatoms. The van der Waals surface area contributed by atoms with Crippen molar-refractivity contribution in [3.63, 3.8) is 0 Å². The molecule has 0 aliphatic heterocycles. The first kappa shape index (κ1) is 21.6. The van der Waals surface area contributed by atoms with Crippen LogP contribution in [-0.4, -0.2) is 56.4 Å². The third-order valence-electron chi connectivity index (χ3n) is 5.95. The van der Waals surface area contributed by atoms with Crippen LogP contribution in [0.4, 0.5) is 17.3 Å². The number of hydrogen-bond donors (Lipinski definition) is 3. The Bertz CT molecular complexity index is 1420. The van der Waals surface area contributed by atoms with E-state index in [0.29, 0.717) is 34.4 Å². The van der Waals surface area contributed by atoms with Crippen LogP contribution in [-0.2, 0) is 4.74 Å². The van der Waals surface area contributed by atoms with E-state index < -0.39 is 0 Å². The SMILES string of the molecule is CNc1cc(Nc2cccn(-c3ocnc3C)c2=O)nc2c(C(=O)N[C@@H]3CC[C@H]3OC)cnn12. The Morgan fingerprint density at radius 3 is 2.85 bits per heavy atom. The number of carbonyl (C=O) groups excluding carboxylic acids is 1.